The van der Waals surface area contributed by atoms with Crippen LogP contribution in [-0.2, 0) is 14.8 Å². The molecule has 0 amide bonds. The fourth-order valence-electron chi connectivity index (χ4n) is 2.27. The van der Waals surface area contributed by atoms with E-state index in [4.69, 9.17) is 22.1 Å². The Morgan fingerprint density at radius 3 is 2.90 bits per heavy atom. The number of hydrogen-bond acceptors (Lipinski definition) is 4. The number of hydrogen-bond donors (Lipinski definition) is 1. The van der Waals surface area contributed by atoms with Crippen molar-refractivity contribution in [2.75, 3.05) is 32.5 Å². The van der Waals surface area contributed by atoms with E-state index in [0.717, 1.165) is 18.6 Å². The minimum atomic E-state index is -3.76. The van der Waals surface area contributed by atoms with E-state index in [1.807, 2.05) is 0 Å². The first kappa shape index (κ1) is 15.5. The van der Waals surface area contributed by atoms with Crippen molar-refractivity contribution < 1.29 is 17.5 Å². The maximum atomic E-state index is 13.3. The number of anilines is 1. The Morgan fingerprint density at radius 2 is 2.25 bits per heavy atom. The summed E-state index contributed by atoms with van der Waals surface area (Å²) in [6.45, 7) is 1.26. The highest BCUT2D eigenvalue weighted by molar-refractivity contribution is 7.89. The highest BCUT2D eigenvalue weighted by atomic mass is 35.5. The zero-order chi connectivity index (χ0) is 14.9. The van der Waals surface area contributed by atoms with Gasteiger partial charge >= 0.3 is 0 Å². The topological polar surface area (TPSA) is 72.6 Å². The molecule has 112 valence electrons. The van der Waals surface area contributed by atoms with Gasteiger partial charge in [0.1, 0.15) is 10.7 Å². The van der Waals surface area contributed by atoms with Crippen LogP contribution in [0.3, 0.4) is 0 Å². The first-order chi connectivity index (χ1) is 9.36. The molecule has 1 saturated heterocycles. The molecule has 8 heteroatoms. The highest BCUT2D eigenvalue weighted by Gasteiger charge is 2.34. The second-order valence-corrected chi connectivity index (χ2v) is 7.09. The lowest BCUT2D eigenvalue weighted by Gasteiger charge is -2.18. The van der Waals surface area contributed by atoms with Gasteiger partial charge in [-0.2, -0.15) is 4.31 Å². The van der Waals surface area contributed by atoms with Crippen molar-refractivity contribution >= 4 is 27.3 Å². The molecule has 1 aliphatic heterocycles. The third-order valence-corrected chi connectivity index (χ3v) is 5.65. The van der Waals surface area contributed by atoms with Gasteiger partial charge in [-0.25, -0.2) is 12.8 Å². The van der Waals surface area contributed by atoms with Gasteiger partial charge < -0.3 is 10.5 Å². The molecule has 0 aromatic heterocycles. The minimum absolute atomic E-state index is 0.156. The molecule has 1 aromatic rings. The molecule has 5 nitrogen and oxygen atoms in total. The fraction of sp³-hybridized carbons (Fsp3) is 0.500. The van der Waals surface area contributed by atoms with E-state index in [1.165, 1.54) is 4.31 Å². The van der Waals surface area contributed by atoms with Gasteiger partial charge in [0.25, 0.3) is 0 Å². The maximum absolute atomic E-state index is 13.3. The fourth-order valence-corrected chi connectivity index (χ4v) is 4.32. The largest absolute Gasteiger partial charge is 0.396 e. The van der Waals surface area contributed by atoms with E-state index in [-0.39, 0.29) is 21.5 Å². The highest BCUT2D eigenvalue weighted by Crippen LogP contribution is 2.31. The first-order valence-electron chi connectivity index (χ1n) is 6.10. The Hall–Kier alpha value is -0.890. The standard InChI is InChI=1S/C12H16ClFN2O3S/c1-19-7-8-2-3-16(6-8)20(17,18)12-5-11(15)10(14)4-9(12)13/h4-5,8H,2-3,6-7,15H2,1H3. The van der Waals surface area contributed by atoms with Crippen LogP contribution in [-0.4, -0.2) is 39.5 Å². The Labute approximate surface area is 122 Å². The van der Waals surface area contributed by atoms with Crippen molar-refractivity contribution in [3.63, 3.8) is 0 Å². The van der Waals surface area contributed by atoms with E-state index >= 15 is 0 Å². The summed E-state index contributed by atoms with van der Waals surface area (Å²) in [6.07, 6.45) is 0.724. The predicted octanol–water partition coefficient (Wildman–Crippen LogP) is 1.72. The normalized spacial score (nSPS) is 20.4. The van der Waals surface area contributed by atoms with Crippen LogP contribution in [0.2, 0.25) is 5.02 Å². The third kappa shape index (κ3) is 2.90. The molecular weight excluding hydrogens is 307 g/mol. The van der Waals surface area contributed by atoms with Crippen LogP contribution in [0.1, 0.15) is 6.42 Å². The predicted molar refractivity (Wildman–Crippen MR) is 74.6 cm³/mol. The van der Waals surface area contributed by atoms with Crippen LogP contribution in [0.4, 0.5) is 10.1 Å². The Kier molecular flexibility index (Phi) is 4.53. The lowest BCUT2D eigenvalue weighted by Crippen LogP contribution is -2.29. The van der Waals surface area contributed by atoms with E-state index < -0.39 is 15.8 Å². The van der Waals surface area contributed by atoms with Crippen LogP contribution >= 0.6 is 11.6 Å². The molecule has 1 atom stereocenters. The van der Waals surface area contributed by atoms with Gasteiger partial charge in [-0.15, -0.1) is 0 Å². The number of halogens is 2. The molecule has 1 aromatic carbocycles. The molecule has 0 radical (unpaired) electrons. The Bertz CT molecular complexity index is 609. The van der Waals surface area contributed by atoms with Gasteiger partial charge in [-0.05, 0) is 24.5 Å². The molecule has 2 rings (SSSR count). The number of nitrogens with two attached hydrogens (primary N) is 1. The molecule has 1 unspecified atom stereocenters. The number of benzene rings is 1. The molecular formula is C12H16ClFN2O3S. The molecule has 20 heavy (non-hydrogen) atoms. The van der Waals surface area contributed by atoms with Crippen molar-refractivity contribution in [3.8, 4) is 0 Å². The van der Waals surface area contributed by atoms with Crippen molar-refractivity contribution in [3.05, 3.63) is 23.0 Å². The average Bonchev–Trinajstić information content (AvgIpc) is 2.83. The monoisotopic (exact) mass is 322 g/mol. The van der Waals surface area contributed by atoms with Gasteiger partial charge in [-0.1, -0.05) is 11.6 Å². The van der Waals surface area contributed by atoms with Gasteiger partial charge in [0, 0.05) is 20.2 Å². The van der Waals surface area contributed by atoms with Crippen molar-refractivity contribution in [2.24, 2.45) is 5.92 Å². The van der Waals surface area contributed by atoms with Crippen LogP contribution in [0, 0.1) is 11.7 Å². The van der Waals surface area contributed by atoms with E-state index in [0.29, 0.717) is 19.7 Å². The zero-order valence-electron chi connectivity index (χ0n) is 11.0. The second-order valence-electron chi connectivity index (χ2n) is 4.78. The molecule has 0 saturated carbocycles. The SMILES string of the molecule is COCC1CCN(S(=O)(=O)c2cc(N)c(F)cc2Cl)C1. The number of nitrogens with zero attached hydrogens (tertiary/aromatic N) is 1. The minimum Gasteiger partial charge on any atom is -0.396 e. The third-order valence-electron chi connectivity index (χ3n) is 3.32. The number of nitrogen functional groups attached to an aromatic ring is 1. The zero-order valence-corrected chi connectivity index (χ0v) is 12.5. The average molecular weight is 323 g/mol. The summed E-state index contributed by atoms with van der Waals surface area (Å²) in [6, 6.07) is 1.99. The quantitative estimate of drug-likeness (QED) is 0.857. The maximum Gasteiger partial charge on any atom is 0.244 e. The number of ether oxygens (including phenoxy) is 1. The summed E-state index contributed by atoms with van der Waals surface area (Å²) >= 11 is 5.84. The van der Waals surface area contributed by atoms with Crippen molar-refractivity contribution in [1.29, 1.82) is 0 Å². The summed E-state index contributed by atoms with van der Waals surface area (Å²) in [5.41, 5.74) is 5.19. The van der Waals surface area contributed by atoms with Crippen molar-refractivity contribution in [2.45, 2.75) is 11.3 Å². The number of sulfonamides is 1. The lowest BCUT2D eigenvalue weighted by atomic mass is 10.1. The summed E-state index contributed by atoms with van der Waals surface area (Å²) < 4.78 is 44.6. The molecule has 1 aliphatic rings. The molecule has 0 aliphatic carbocycles. The smallest absolute Gasteiger partial charge is 0.244 e. The van der Waals surface area contributed by atoms with E-state index in [2.05, 4.69) is 0 Å². The van der Waals surface area contributed by atoms with Crippen molar-refractivity contribution in [1.82, 2.24) is 4.31 Å². The summed E-state index contributed by atoms with van der Waals surface area (Å²) in [5.74, 6) is -0.570. The van der Waals surface area contributed by atoms with Crippen LogP contribution in [0.25, 0.3) is 0 Å². The second kappa shape index (κ2) is 5.85. The lowest BCUT2D eigenvalue weighted by molar-refractivity contribution is 0.157. The summed E-state index contributed by atoms with van der Waals surface area (Å²) in [5, 5.41) is -0.160. The van der Waals surface area contributed by atoms with Gasteiger partial charge in [0.2, 0.25) is 10.0 Å². The molecule has 0 spiro atoms. The first-order valence-corrected chi connectivity index (χ1v) is 7.91. The summed E-state index contributed by atoms with van der Waals surface area (Å²) in [4.78, 5) is -0.156. The van der Waals surface area contributed by atoms with Gasteiger partial charge in [0.05, 0.1) is 17.3 Å². The van der Waals surface area contributed by atoms with E-state index in [1.54, 1.807) is 7.11 Å². The van der Waals surface area contributed by atoms with Crippen LogP contribution in [0.15, 0.2) is 17.0 Å². The van der Waals surface area contributed by atoms with Gasteiger partial charge in [0.15, 0.2) is 0 Å². The molecule has 1 fully saturated rings. The number of rotatable bonds is 4. The molecule has 0 bridgehead atoms. The molecule has 2 N–H and O–H groups in total. The van der Waals surface area contributed by atoms with E-state index in [9.17, 15) is 12.8 Å². The summed E-state index contributed by atoms with van der Waals surface area (Å²) in [7, 11) is -2.18. The van der Waals surface area contributed by atoms with Crippen LogP contribution in [0.5, 0.6) is 0 Å². The molecule has 1 heterocycles. The number of methoxy groups -OCH3 is 1. The Balaban J connectivity index is 2.30. The van der Waals surface area contributed by atoms with Gasteiger partial charge in [-0.3, -0.25) is 0 Å². The van der Waals surface area contributed by atoms with Crippen LogP contribution < -0.4 is 5.73 Å². The Morgan fingerprint density at radius 1 is 1.55 bits per heavy atom.